The van der Waals surface area contributed by atoms with Crippen molar-refractivity contribution >= 4 is 37.0 Å². The molecule has 0 saturated heterocycles. The lowest BCUT2D eigenvalue weighted by atomic mass is 10.2. The summed E-state index contributed by atoms with van der Waals surface area (Å²) < 4.78 is 27.1. The van der Waals surface area contributed by atoms with Crippen molar-refractivity contribution in [2.75, 3.05) is 0 Å². The fraction of sp³-hybridized carbons (Fsp3) is 0.0714. The van der Waals surface area contributed by atoms with E-state index in [4.69, 9.17) is 0 Å². The van der Waals surface area contributed by atoms with Gasteiger partial charge in [-0.25, -0.2) is 17.4 Å². The number of nitrogens with zero attached hydrogens (tertiary/aromatic N) is 2. The molecular weight excluding hydrogens is 340 g/mol. The first-order valence-electron chi connectivity index (χ1n) is 5.97. The van der Waals surface area contributed by atoms with Gasteiger partial charge in [0.2, 0.25) is 10.0 Å². The summed E-state index contributed by atoms with van der Waals surface area (Å²) in [5, 5.41) is 0.782. The zero-order valence-electron chi connectivity index (χ0n) is 10.4. The molecule has 0 aliphatic heterocycles. The molecule has 4 nitrogen and oxygen atoms in total. The van der Waals surface area contributed by atoms with Crippen molar-refractivity contribution in [1.82, 2.24) is 8.96 Å². The second kappa shape index (κ2) is 5.03. The summed E-state index contributed by atoms with van der Waals surface area (Å²) in [6, 6.07) is 12.6. The van der Waals surface area contributed by atoms with Gasteiger partial charge in [-0.1, -0.05) is 30.3 Å². The number of benzene rings is 1. The molecule has 0 aliphatic carbocycles. The van der Waals surface area contributed by atoms with Gasteiger partial charge in [-0.05, 0) is 33.6 Å². The zero-order valence-corrected chi connectivity index (χ0v) is 12.8. The number of fused-ring (bicyclic) bond motifs is 1. The predicted octanol–water partition coefficient (Wildman–Crippen LogP) is 3.18. The second-order valence-electron chi connectivity index (χ2n) is 4.38. The van der Waals surface area contributed by atoms with Crippen molar-refractivity contribution < 1.29 is 8.42 Å². The third-order valence-corrected chi connectivity index (χ3v) is 5.28. The van der Waals surface area contributed by atoms with Crippen LogP contribution in [0.5, 0.6) is 0 Å². The maximum Gasteiger partial charge on any atom is 0.244 e. The summed E-state index contributed by atoms with van der Waals surface area (Å²) in [4.78, 5) is 4.16. The molecule has 3 aromatic rings. The summed E-state index contributed by atoms with van der Waals surface area (Å²) in [7, 11) is -3.48. The average Bonchev–Trinajstić information content (AvgIpc) is 2.85. The average molecular weight is 351 g/mol. The first kappa shape index (κ1) is 13.3. The summed E-state index contributed by atoms with van der Waals surface area (Å²) in [5.74, 6) is -0.0498. The zero-order chi connectivity index (χ0) is 14.2. The Bertz CT molecular complexity index is 857. The Balaban J connectivity index is 2.08. The topological polar surface area (TPSA) is 52.0 Å². The van der Waals surface area contributed by atoms with Gasteiger partial charge in [-0.2, -0.15) is 0 Å². The van der Waals surface area contributed by atoms with E-state index in [1.807, 2.05) is 18.2 Å². The molecule has 0 bridgehead atoms. The van der Waals surface area contributed by atoms with Gasteiger partial charge in [0.05, 0.1) is 5.75 Å². The molecule has 102 valence electrons. The highest BCUT2D eigenvalue weighted by molar-refractivity contribution is 9.10. The van der Waals surface area contributed by atoms with Crippen LogP contribution in [0.4, 0.5) is 0 Å². The van der Waals surface area contributed by atoms with E-state index >= 15 is 0 Å². The summed E-state index contributed by atoms with van der Waals surface area (Å²) >= 11 is 3.40. The molecule has 2 aromatic heterocycles. The van der Waals surface area contributed by atoms with E-state index < -0.39 is 10.0 Å². The van der Waals surface area contributed by atoms with Crippen LogP contribution in [0.1, 0.15) is 5.56 Å². The Kier molecular flexibility index (Phi) is 3.35. The molecule has 3 rings (SSSR count). The quantitative estimate of drug-likeness (QED) is 0.728. The molecule has 0 saturated carbocycles. The molecule has 1 aromatic carbocycles. The Morgan fingerprint density at radius 3 is 2.60 bits per heavy atom. The van der Waals surface area contributed by atoms with Crippen molar-refractivity contribution in [3.63, 3.8) is 0 Å². The Labute approximate surface area is 125 Å². The van der Waals surface area contributed by atoms with E-state index in [2.05, 4.69) is 20.9 Å². The normalized spacial score (nSPS) is 11.8. The molecule has 0 atom stereocenters. The number of hydrogen-bond donors (Lipinski definition) is 0. The Morgan fingerprint density at radius 2 is 1.85 bits per heavy atom. The van der Waals surface area contributed by atoms with Crippen LogP contribution >= 0.6 is 15.9 Å². The number of pyridine rings is 1. The lowest BCUT2D eigenvalue weighted by molar-refractivity contribution is 0.588. The smallest absolute Gasteiger partial charge is 0.237 e. The molecule has 0 unspecified atom stereocenters. The molecule has 0 radical (unpaired) electrons. The summed E-state index contributed by atoms with van der Waals surface area (Å²) in [6.07, 6.45) is 3.13. The number of halogens is 1. The summed E-state index contributed by atoms with van der Waals surface area (Å²) in [5.41, 5.74) is 1.19. The summed E-state index contributed by atoms with van der Waals surface area (Å²) in [6.45, 7) is 0. The molecule has 0 N–H and O–H groups in total. The van der Waals surface area contributed by atoms with E-state index in [1.165, 1.54) is 3.97 Å². The fourth-order valence-electron chi connectivity index (χ4n) is 2.06. The molecular formula is C14H11BrN2O2S. The minimum Gasteiger partial charge on any atom is -0.237 e. The number of rotatable bonds is 3. The molecule has 6 heteroatoms. The van der Waals surface area contributed by atoms with Crippen molar-refractivity contribution in [3.05, 3.63) is 64.9 Å². The van der Waals surface area contributed by atoms with Crippen LogP contribution in [-0.4, -0.2) is 17.4 Å². The minimum atomic E-state index is -3.48. The van der Waals surface area contributed by atoms with Gasteiger partial charge in [-0.3, -0.25) is 0 Å². The molecule has 0 amide bonds. The molecule has 0 aliphatic rings. The highest BCUT2D eigenvalue weighted by atomic mass is 79.9. The monoisotopic (exact) mass is 350 g/mol. The molecule has 20 heavy (non-hydrogen) atoms. The molecule has 0 fully saturated rings. The first-order chi connectivity index (χ1) is 9.58. The van der Waals surface area contributed by atoms with E-state index in [9.17, 15) is 8.42 Å². The SMILES string of the molecule is O=S(=O)(Cc1ccccc1)n1ccc2c(Br)ccnc21. The van der Waals surface area contributed by atoms with Crippen molar-refractivity contribution in [3.8, 4) is 0 Å². The lowest BCUT2D eigenvalue weighted by Gasteiger charge is -2.07. The van der Waals surface area contributed by atoms with Crippen LogP contribution in [0.3, 0.4) is 0 Å². The molecule has 0 spiro atoms. The predicted molar refractivity (Wildman–Crippen MR) is 81.9 cm³/mol. The van der Waals surface area contributed by atoms with Crippen LogP contribution in [0.15, 0.2) is 59.3 Å². The Hall–Kier alpha value is -1.66. The highest BCUT2D eigenvalue weighted by Crippen LogP contribution is 2.24. The van der Waals surface area contributed by atoms with E-state index in [-0.39, 0.29) is 5.75 Å². The fourth-order valence-corrected chi connectivity index (χ4v) is 3.90. The van der Waals surface area contributed by atoms with Crippen LogP contribution in [-0.2, 0) is 15.8 Å². The lowest BCUT2D eigenvalue weighted by Crippen LogP contribution is -2.14. The maximum atomic E-state index is 12.5. The van der Waals surface area contributed by atoms with E-state index in [0.717, 1.165) is 15.4 Å². The molecule has 2 heterocycles. The second-order valence-corrected chi connectivity index (χ2v) is 7.08. The maximum absolute atomic E-state index is 12.5. The van der Waals surface area contributed by atoms with Gasteiger partial charge in [0.15, 0.2) is 5.65 Å². The highest BCUT2D eigenvalue weighted by Gasteiger charge is 2.18. The van der Waals surface area contributed by atoms with Crippen molar-refractivity contribution in [1.29, 1.82) is 0 Å². The largest absolute Gasteiger partial charge is 0.244 e. The van der Waals surface area contributed by atoms with Crippen LogP contribution in [0.2, 0.25) is 0 Å². The van der Waals surface area contributed by atoms with Gasteiger partial charge < -0.3 is 0 Å². The van der Waals surface area contributed by atoms with Gasteiger partial charge in [0, 0.05) is 22.3 Å². The standard InChI is InChI=1S/C14H11BrN2O2S/c15-13-6-8-16-14-12(13)7-9-17(14)20(18,19)10-11-4-2-1-3-5-11/h1-9H,10H2. The van der Waals surface area contributed by atoms with Crippen LogP contribution in [0.25, 0.3) is 11.0 Å². The van der Waals surface area contributed by atoms with Gasteiger partial charge >= 0.3 is 0 Å². The van der Waals surface area contributed by atoms with Crippen molar-refractivity contribution in [2.24, 2.45) is 0 Å². The van der Waals surface area contributed by atoms with Crippen molar-refractivity contribution in [2.45, 2.75) is 5.75 Å². The van der Waals surface area contributed by atoms with E-state index in [1.54, 1.807) is 36.7 Å². The van der Waals surface area contributed by atoms with Crippen LogP contribution in [0, 0.1) is 0 Å². The third-order valence-electron chi connectivity index (χ3n) is 2.99. The number of hydrogen-bond acceptors (Lipinski definition) is 3. The third kappa shape index (κ3) is 2.36. The Morgan fingerprint density at radius 1 is 1.10 bits per heavy atom. The first-order valence-corrected chi connectivity index (χ1v) is 8.37. The van der Waals surface area contributed by atoms with Crippen LogP contribution < -0.4 is 0 Å². The van der Waals surface area contributed by atoms with Gasteiger partial charge in [-0.15, -0.1) is 0 Å². The van der Waals surface area contributed by atoms with Gasteiger partial charge in [0.1, 0.15) is 0 Å². The van der Waals surface area contributed by atoms with Gasteiger partial charge in [0.25, 0.3) is 0 Å². The minimum absolute atomic E-state index is 0.0498. The van der Waals surface area contributed by atoms with E-state index in [0.29, 0.717) is 5.65 Å². The number of aromatic nitrogens is 2.